The van der Waals surface area contributed by atoms with Gasteiger partial charge in [0.15, 0.2) is 0 Å². The molecule has 5 heteroatoms. The van der Waals surface area contributed by atoms with Crippen LogP contribution in [0, 0.1) is 0 Å². The molecule has 0 atom stereocenters. The van der Waals surface area contributed by atoms with Gasteiger partial charge in [-0.1, -0.05) is 0 Å². The Morgan fingerprint density at radius 1 is 1.24 bits per heavy atom. The maximum absolute atomic E-state index is 11.4. The molecule has 0 bridgehead atoms. The fourth-order valence-electron chi connectivity index (χ4n) is 2.19. The second-order valence-corrected chi connectivity index (χ2v) is 5.27. The molecule has 0 unspecified atom stereocenters. The molecule has 0 saturated carbocycles. The summed E-state index contributed by atoms with van der Waals surface area (Å²) < 4.78 is 0. The molecule has 0 aliphatic carbocycles. The summed E-state index contributed by atoms with van der Waals surface area (Å²) in [7, 11) is 0. The topological polar surface area (TPSA) is 44.4 Å². The third-order valence-electron chi connectivity index (χ3n) is 3.08. The van der Waals surface area contributed by atoms with Crippen molar-refractivity contribution in [1.29, 1.82) is 0 Å². The molecule has 1 saturated heterocycles. The highest BCUT2D eigenvalue weighted by Gasteiger charge is 2.17. The van der Waals surface area contributed by atoms with E-state index in [9.17, 15) is 4.79 Å². The minimum absolute atomic E-state index is 0.0972. The van der Waals surface area contributed by atoms with E-state index < -0.39 is 0 Å². The predicted molar refractivity (Wildman–Crippen MR) is 70.9 cm³/mol. The number of rotatable bonds is 1. The molecule has 0 spiro atoms. The fraction of sp³-hybridized carbons (Fsp3) is 0.417. The normalized spacial score (nSPS) is 19.8. The van der Waals surface area contributed by atoms with E-state index in [4.69, 9.17) is 0 Å². The van der Waals surface area contributed by atoms with E-state index in [1.165, 1.54) is 10.6 Å². The van der Waals surface area contributed by atoms with Crippen LogP contribution in [0.1, 0.15) is 0 Å². The Labute approximate surface area is 105 Å². The molecule has 3 rings (SSSR count). The highest BCUT2D eigenvalue weighted by atomic mass is 32.2. The van der Waals surface area contributed by atoms with Gasteiger partial charge in [-0.15, -0.1) is 11.8 Å². The van der Waals surface area contributed by atoms with Gasteiger partial charge in [0.05, 0.1) is 11.4 Å². The molecule has 0 aromatic heterocycles. The van der Waals surface area contributed by atoms with Crippen molar-refractivity contribution in [2.45, 2.75) is 4.90 Å². The van der Waals surface area contributed by atoms with Gasteiger partial charge in [0.2, 0.25) is 5.91 Å². The lowest BCUT2D eigenvalue weighted by Crippen LogP contribution is -2.43. The number of thioether (sulfide) groups is 1. The molecule has 1 fully saturated rings. The average molecular weight is 249 g/mol. The first-order valence-electron chi connectivity index (χ1n) is 5.85. The molecule has 1 aromatic carbocycles. The zero-order valence-electron chi connectivity index (χ0n) is 9.53. The van der Waals surface area contributed by atoms with Crippen molar-refractivity contribution >= 4 is 29.0 Å². The van der Waals surface area contributed by atoms with E-state index in [0.29, 0.717) is 5.75 Å². The van der Waals surface area contributed by atoms with E-state index >= 15 is 0 Å². The lowest BCUT2D eigenvalue weighted by molar-refractivity contribution is -0.113. The number of hydrogen-bond donors (Lipinski definition) is 2. The van der Waals surface area contributed by atoms with Crippen LogP contribution < -0.4 is 15.5 Å². The predicted octanol–water partition coefficient (Wildman–Crippen LogP) is 1.14. The molecular weight excluding hydrogens is 234 g/mol. The summed E-state index contributed by atoms with van der Waals surface area (Å²) in [6, 6.07) is 6.34. The monoisotopic (exact) mass is 249 g/mol. The number of nitrogens with zero attached hydrogens (tertiary/aromatic N) is 1. The maximum atomic E-state index is 11.4. The average Bonchev–Trinajstić information content (AvgIpc) is 2.39. The van der Waals surface area contributed by atoms with Gasteiger partial charge < -0.3 is 15.5 Å². The second-order valence-electron chi connectivity index (χ2n) is 4.25. The van der Waals surface area contributed by atoms with Gasteiger partial charge in [-0.2, -0.15) is 0 Å². The first kappa shape index (κ1) is 10.9. The van der Waals surface area contributed by atoms with Crippen LogP contribution in [-0.4, -0.2) is 37.8 Å². The fourth-order valence-corrected chi connectivity index (χ4v) is 2.98. The number of fused-ring (bicyclic) bond motifs is 1. The lowest BCUT2D eigenvalue weighted by atomic mass is 10.2. The Kier molecular flexibility index (Phi) is 2.94. The minimum atomic E-state index is 0.0972. The lowest BCUT2D eigenvalue weighted by Gasteiger charge is -2.30. The summed E-state index contributed by atoms with van der Waals surface area (Å²) in [5.41, 5.74) is 2.16. The van der Waals surface area contributed by atoms with Crippen molar-refractivity contribution < 1.29 is 4.79 Å². The Hall–Kier alpha value is -1.20. The second kappa shape index (κ2) is 4.58. The zero-order chi connectivity index (χ0) is 11.7. The molecule has 4 nitrogen and oxygen atoms in total. The largest absolute Gasteiger partial charge is 0.369 e. The highest BCUT2D eigenvalue weighted by molar-refractivity contribution is 8.00. The zero-order valence-corrected chi connectivity index (χ0v) is 10.3. The van der Waals surface area contributed by atoms with E-state index in [1.807, 2.05) is 0 Å². The van der Waals surface area contributed by atoms with Crippen LogP contribution in [0.3, 0.4) is 0 Å². The number of piperazine rings is 1. The van der Waals surface area contributed by atoms with Gasteiger partial charge in [0.1, 0.15) is 0 Å². The third-order valence-corrected chi connectivity index (χ3v) is 4.15. The molecule has 2 aliphatic rings. The van der Waals surface area contributed by atoms with Crippen LogP contribution in [-0.2, 0) is 4.79 Å². The van der Waals surface area contributed by atoms with E-state index in [1.54, 1.807) is 11.8 Å². The van der Waals surface area contributed by atoms with Crippen molar-refractivity contribution in [3.05, 3.63) is 18.2 Å². The maximum Gasteiger partial charge on any atom is 0.234 e. The number of anilines is 2. The summed E-state index contributed by atoms with van der Waals surface area (Å²) in [5, 5.41) is 6.28. The first-order chi connectivity index (χ1) is 8.33. The first-order valence-corrected chi connectivity index (χ1v) is 6.84. The van der Waals surface area contributed by atoms with Crippen LogP contribution >= 0.6 is 11.8 Å². The Balaban J connectivity index is 1.86. The SMILES string of the molecule is O=C1CSc2ccc(N3CCNCC3)cc2N1. The Morgan fingerprint density at radius 2 is 2.06 bits per heavy atom. The van der Waals surface area contributed by atoms with Gasteiger partial charge in [-0.25, -0.2) is 0 Å². The van der Waals surface area contributed by atoms with Gasteiger partial charge in [0, 0.05) is 36.8 Å². The van der Waals surface area contributed by atoms with Gasteiger partial charge in [0.25, 0.3) is 0 Å². The molecule has 2 N–H and O–H groups in total. The summed E-state index contributed by atoms with van der Waals surface area (Å²) >= 11 is 1.61. The molecule has 2 heterocycles. The quantitative estimate of drug-likeness (QED) is 0.783. The molecule has 90 valence electrons. The standard InChI is InChI=1S/C12H15N3OS/c16-12-8-17-11-2-1-9(7-10(11)14-12)15-5-3-13-4-6-15/h1-2,7,13H,3-6,8H2,(H,14,16). The highest BCUT2D eigenvalue weighted by Crippen LogP contribution is 2.34. The molecule has 1 amide bonds. The van der Waals surface area contributed by atoms with Crippen molar-refractivity contribution in [3.63, 3.8) is 0 Å². The van der Waals surface area contributed by atoms with Crippen molar-refractivity contribution in [2.24, 2.45) is 0 Å². The summed E-state index contributed by atoms with van der Waals surface area (Å²) in [6.45, 7) is 4.11. The molecule has 2 aliphatic heterocycles. The van der Waals surface area contributed by atoms with Crippen LogP contribution in [0.4, 0.5) is 11.4 Å². The van der Waals surface area contributed by atoms with E-state index in [0.717, 1.165) is 31.9 Å². The molecule has 17 heavy (non-hydrogen) atoms. The molecule has 0 radical (unpaired) electrons. The van der Waals surface area contributed by atoms with Gasteiger partial charge in [-0.05, 0) is 18.2 Å². The number of hydrogen-bond acceptors (Lipinski definition) is 4. The molecule has 1 aromatic rings. The van der Waals surface area contributed by atoms with Crippen LogP contribution in [0.25, 0.3) is 0 Å². The van der Waals surface area contributed by atoms with Gasteiger partial charge in [-0.3, -0.25) is 4.79 Å². The van der Waals surface area contributed by atoms with Crippen LogP contribution in [0.15, 0.2) is 23.1 Å². The number of carbonyl (C=O) groups is 1. The Bertz CT molecular complexity index is 443. The van der Waals surface area contributed by atoms with E-state index in [2.05, 4.69) is 33.7 Å². The summed E-state index contributed by atoms with van der Waals surface area (Å²) in [6.07, 6.45) is 0. The smallest absolute Gasteiger partial charge is 0.234 e. The number of carbonyl (C=O) groups excluding carboxylic acids is 1. The van der Waals surface area contributed by atoms with Gasteiger partial charge >= 0.3 is 0 Å². The number of nitrogens with one attached hydrogen (secondary N) is 2. The van der Waals surface area contributed by atoms with Crippen molar-refractivity contribution in [2.75, 3.05) is 42.1 Å². The van der Waals surface area contributed by atoms with Crippen molar-refractivity contribution in [3.8, 4) is 0 Å². The Morgan fingerprint density at radius 3 is 2.88 bits per heavy atom. The summed E-state index contributed by atoms with van der Waals surface area (Å²) in [4.78, 5) is 14.9. The molecular formula is C12H15N3OS. The van der Waals surface area contributed by atoms with Crippen LogP contribution in [0.5, 0.6) is 0 Å². The van der Waals surface area contributed by atoms with Crippen LogP contribution in [0.2, 0.25) is 0 Å². The van der Waals surface area contributed by atoms with E-state index in [-0.39, 0.29) is 5.91 Å². The van der Waals surface area contributed by atoms with Crippen molar-refractivity contribution in [1.82, 2.24) is 5.32 Å². The number of amides is 1. The minimum Gasteiger partial charge on any atom is -0.369 e. The summed E-state index contributed by atoms with van der Waals surface area (Å²) in [5.74, 6) is 0.625. The third kappa shape index (κ3) is 2.25. The number of benzene rings is 1.